The Morgan fingerprint density at radius 3 is 2.42 bits per heavy atom. The molecule has 1 atom stereocenters. The molecular weight excluding hydrogens is 238 g/mol. The van der Waals surface area contributed by atoms with Gasteiger partial charge in [-0.1, -0.05) is 19.8 Å². The van der Waals surface area contributed by atoms with Crippen LogP contribution in [0.1, 0.15) is 58.8 Å². The minimum atomic E-state index is -0.484. The molecule has 0 radical (unpaired) electrons. The van der Waals surface area contributed by atoms with Crippen LogP contribution >= 0.6 is 0 Å². The fourth-order valence-corrected chi connectivity index (χ4v) is 3.69. The standard InChI is InChI=1S/C16H31NO2/c1-14-4-7-16(13-18,8-5-14)12-17-10-3-6-15(2,19)9-11-17/h14,18-19H,3-13H2,1-2H3. The second-order valence-corrected chi connectivity index (χ2v) is 7.47. The Hall–Kier alpha value is -0.120. The normalized spacial score (nSPS) is 42.0. The molecule has 2 fully saturated rings. The van der Waals surface area contributed by atoms with Crippen molar-refractivity contribution in [1.29, 1.82) is 0 Å². The molecule has 2 aliphatic rings. The summed E-state index contributed by atoms with van der Waals surface area (Å²) in [5, 5.41) is 20.0. The molecule has 2 N–H and O–H groups in total. The number of hydrogen-bond donors (Lipinski definition) is 2. The third kappa shape index (κ3) is 4.17. The molecule has 1 saturated heterocycles. The summed E-state index contributed by atoms with van der Waals surface area (Å²) in [6.45, 7) is 7.68. The Morgan fingerprint density at radius 1 is 1.11 bits per heavy atom. The highest BCUT2D eigenvalue weighted by atomic mass is 16.3. The van der Waals surface area contributed by atoms with Gasteiger partial charge in [0.15, 0.2) is 0 Å². The van der Waals surface area contributed by atoms with Crippen molar-refractivity contribution >= 4 is 0 Å². The molecular formula is C16H31NO2. The van der Waals surface area contributed by atoms with Crippen LogP contribution in [0.5, 0.6) is 0 Å². The van der Waals surface area contributed by atoms with Crippen LogP contribution in [0.4, 0.5) is 0 Å². The van der Waals surface area contributed by atoms with Crippen molar-refractivity contribution < 1.29 is 10.2 Å². The first kappa shape index (κ1) is 15.3. The summed E-state index contributed by atoms with van der Waals surface area (Å²) in [5.41, 5.74) is -0.356. The maximum Gasteiger partial charge on any atom is 0.0632 e. The summed E-state index contributed by atoms with van der Waals surface area (Å²) in [5.74, 6) is 0.824. The number of aliphatic hydroxyl groups is 2. The van der Waals surface area contributed by atoms with Crippen LogP contribution in [-0.2, 0) is 0 Å². The van der Waals surface area contributed by atoms with Gasteiger partial charge < -0.3 is 15.1 Å². The van der Waals surface area contributed by atoms with Gasteiger partial charge in [0.25, 0.3) is 0 Å². The zero-order valence-corrected chi connectivity index (χ0v) is 12.7. The molecule has 1 aliphatic heterocycles. The highest BCUT2D eigenvalue weighted by Gasteiger charge is 2.36. The highest BCUT2D eigenvalue weighted by Crippen LogP contribution is 2.39. The highest BCUT2D eigenvalue weighted by molar-refractivity contribution is 4.89. The lowest BCUT2D eigenvalue weighted by molar-refractivity contribution is 0.0219. The van der Waals surface area contributed by atoms with Gasteiger partial charge in [0.1, 0.15) is 0 Å². The quantitative estimate of drug-likeness (QED) is 0.827. The molecule has 3 nitrogen and oxygen atoms in total. The van der Waals surface area contributed by atoms with Crippen molar-refractivity contribution in [2.45, 2.75) is 64.4 Å². The van der Waals surface area contributed by atoms with Crippen LogP contribution in [0, 0.1) is 11.3 Å². The van der Waals surface area contributed by atoms with E-state index in [-0.39, 0.29) is 5.41 Å². The Kier molecular flexibility index (Phi) is 4.91. The maximum absolute atomic E-state index is 10.2. The van der Waals surface area contributed by atoms with Crippen LogP contribution in [0.3, 0.4) is 0 Å². The summed E-state index contributed by atoms with van der Waals surface area (Å²) in [4.78, 5) is 2.48. The van der Waals surface area contributed by atoms with E-state index in [9.17, 15) is 10.2 Å². The molecule has 0 bridgehead atoms. The van der Waals surface area contributed by atoms with Crippen molar-refractivity contribution in [3.05, 3.63) is 0 Å². The van der Waals surface area contributed by atoms with E-state index in [2.05, 4.69) is 11.8 Å². The van der Waals surface area contributed by atoms with E-state index in [0.29, 0.717) is 6.61 Å². The predicted octanol–water partition coefficient (Wildman–Crippen LogP) is 2.41. The largest absolute Gasteiger partial charge is 0.396 e. The monoisotopic (exact) mass is 269 g/mol. The van der Waals surface area contributed by atoms with Gasteiger partial charge in [0.2, 0.25) is 0 Å². The second kappa shape index (κ2) is 6.11. The lowest BCUT2D eigenvalue weighted by Crippen LogP contribution is -2.43. The van der Waals surface area contributed by atoms with Crippen molar-refractivity contribution in [3.63, 3.8) is 0 Å². The molecule has 0 aromatic carbocycles. The predicted molar refractivity (Wildman–Crippen MR) is 78.1 cm³/mol. The first-order valence-corrected chi connectivity index (χ1v) is 8.00. The number of hydrogen-bond acceptors (Lipinski definition) is 3. The molecule has 0 amide bonds. The summed E-state index contributed by atoms with van der Waals surface area (Å²) in [6.07, 6.45) is 7.69. The molecule has 1 unspecified atom stereocenters. The van der Waals surface area contributed by atoms with E-state index in [0.717, 1.165) is 57.7 Å². The fraction of sp³-hybridized carbons (Fsp3) is 1.00. The number of likely N-dealkylation sites (tertiary alicyclic amines) is 1. The summed E-state index contributed by atoms with van der Waals surface area (Å²) in [7, 11) is 0. The zero-order valence-electron chi connectivity index (χ0n) is 12.7. The Bertz CT molecular complexity index is 282. The molecule has 3 heteroatoms. The van der Waals surface area contributed by atoms with E-state index in [1.165, 1.54) is 12.8 Å². The molecule has 1 aliphatic carbocycles. The molecule has 1 heterocycles. The van der Waals surface area contributed by atoms with Gasteiger partial charge in [0.05, 0.1) is 5.60 Å². The SMILES string of the molecule is CC1CCC(CO)(CN2CCCC(C)(O)CC2)CC1. The van der Waals surface area contributed by atoms with Gasteiger partial charge in [-0.15, -0.1) is 0 Å². The topological polar surface area (TPSA) is 43.7 Å². The van der Waals surface area contributed by atoms with Gasteiger partial charge in [-0.25, -0.2) is 0 Å². The van der Waals surface area contributed by atoms with Crippen LogP contribution in [0.2, 0.25) is 0 Å². The minimum Gasteiger partial charge on any atom is -0.396 e. The third-order valence-corrected chi connectivity index (χ3v) is 5.39. The van der Waals surface area contributed by atoms with Gasteiger partial charge in [-0.3, -0.25) is 0 Å². The molecule has 19 heavy (non-hydrogen) atoms. The smallest absolute Gasteiger partial charge is 0.0632 e. The van der Waals surface area contributed by atoms with Gasteiger partial charge in [0, 0.05) is 25.1 Å². The molecule has 2 rings (SSSR count). The Labute approximate surface area is 118 Å². The van der Waals surface area contributed by atoms with E-state index in [1.807, 2.05) is 6.92 Å². The fourth-order valence-electron chi connectivity index (χ4n) is 3.69. The number of aliphatic hydroxyl groups excluding tert-OH is 1. The number of nitrogens with zero attached hydrogens (tertiary/aromatic N) is 1. The Morgan fingerprint density at radius 2 is 1.79 bits per heavy atom. The summed E-state index contributed by atoms with van der Waals surface area (Å²) >= 11 is 0. The van der Waals surface area contributed by atoms with Gasteiger partial charge in [-0.05, 0) is 51.5 Å². The summed E-state index contributed by atoms with van der Waals surface area (Å²) < 4.78 is 0. The van der Waals surface area contributed by atoms with Crippen molar-refractivity contribution in [1.82, 2.24) is 4.90 Å². The Balaban J connectivity index is 1.91. The number of rotatable bonds is 3. The maximum atomic E-state index is 10.2. The second-order valence-electron chi connectivity index (χ2n) is 7.47. The first-order chi connectivity index (χ1) is 8.95. The zero-order chi connectivity index (χ0) is 13.9. The van der Waals surface area contributed by atoms with Gasteiger partial charge in [-0.2, -0.15) is 0 Å². The van der Waals surface area contributed by atoms with Crippen molar-refractivity contribution in [2.24, 2.45) is 11.3 Å². The van der Waals surface area contributed by atoms with E-state index < -0.39 is 5.60 Å². The van der Waals surface area contributed by atoms with E-state index in [1.54, 1.807) is 0 Å². The van der Waals surface area contributed by atoms with Crippen LogP contribution in [-0.4, -0.2) is 47.0 Å². The third-order valence-electron chi connectivity index (χ3n) is 5.39. The lowest BCUT2D eigenvalue weighted by atomic mass is 9.71. The van der Waals surface area contributed by atoms with Crippen LogP contribution in [0.15, 0.2) is 0 Å². The average molecular weight is 269 g/mol. The molecule has 0 spiro atoms. The van der Waals surface area contributed by atoms with Crippen molar-refractivity contribution in [3.8, 4) is 0 Å². The average Bonchev–Trinajstić information content (AvgIpc) is 2.54. The lowest BCUT2D eigenvalue weighted by Gasteiger charge is -2.41. The molecule has 0 aromatic heterocycles. The van der Waals surface area contributed by atoms with Crippen molar-refractivity contribution in [2.75, 3.05) is 26.2 Å². The first-order valence-electron chi connectivity index (χ1n) is 8.00. The van der Waals surface area contributed by atoms with E-state index in [4.69, 9.17) is 0 Å². The van der Waals surface area contributed by atoms with Crippen LogP contribution < -0.4 is 0 Å². The summed E-state index contributed by atoms with van der Waals surface area (Å²) in [6, 6.07) is 0. The van der Waals surface area contributed by atoms with Gasteiger partial charge >= 0.3 is 0 Å². The molecule has 0 aromatic rings. The molecule has 1 saturated carbocycles. The minimum absolute atomic E-state index is 0.128. The van der Waals surface area contributed by atoms with E-state index >= 15 is 0 Å². The molecule has 112 valence electrons. The van der Waals surface area contributed by atoms with Crippen LogP contribution in [0.25, 0.3) is 0 Å².